The van der Waals surface area contributed by atoms with Crippen LogP contribution in [0.15, 0.2) is 61.6 Å². The molecule has 0 fully saturated rings. The molecule has 0 radical (unpaired) electrons. The maximum Gasteiger partial charge on any atom is 0.162 e. The van der Waals surface area contributed by atoms with E-state index in [1.165, 1.54) is 0 Å². The van der Waals surface area contributed by atoms with Crippen LogP contribution in [0.5, 0.6) is 17.2 Å². The Morgan fingerprint density at radius 2 is 1.77 bits per heavy atom. The van der Waals surface area contributed by atoms with E-state index in [9.17, 15) is 0 Å². The average molecular weight is 472 g/mol. The van der Waals surface area contributed by atoms with Crippen LogP contribution < -0.4 is 25.7 Å². The van der Waals surface area contributed by atoms with Crippen LogP contribution in [0.4, 0.5) is 5.82 Å². The molecule has 178 valence electrons. The monoisotopic (exact) mass is 471 g/mol. The molecule has 5 rings (SSSR count). The van der Waals surface area contributed by atoms with Crippen molar-refractivity contribution in [3.05, 3.63) is 61.6 Å². The van der Waals surface area contributed by atoms with E-state index < -0.39 is 0 Å². The van der Waals surface area contributed by atoms with Gasteiger partial charge in [-0.25, -0.2) is 9.97 Å². The van der Waals surface area contributed by atoms with E-state index >= 15 is 0 Å². The molecule has 10 nitrogen and oxygen atoms in total. The van der Waals surface area contributed by atoms with Gasteiger partial charge in [-0.1, -0.05) is 0 Å². The summed E-state index contributed by atoms with van der Waals surface area (Å²) in [6.07, 6.45) is 10.4. The Balaban J connectivity index is 1.48. The summed E-state index contributed by atoms with van der Waals surface area (Å²) >= 11 is 0. The summed E-state index contributed by atoms with van der Waals surface area (Å²) in [5.41, 5.74) is 14.7. The summed E-state index contributed by atoms with van der Waals surface area (Å²) in [6.45, 7) is 0.930. The highest BCUT2D eigenvalue weighted by Gasteiger charge is 2.14. The van der Waals surface area contributed by atoms with Crippen molar-refractivity contribution in [1.82, 2.24) is 24.5 Å². The maximum atomic E-state index is 6.33. The molecule has 1 aromatic carbocycles. The van der Waals surface area contributed by atoms with Crippen molar-refractivity contribution in [3.8, 4) is 28.5 Å². The Kier molecular flexibility index (Phi) is 6.02. The molecular formula is C25H25N7O3. The van der Waals surface area contributed by atoms with E-state index in [-0.39, 0.29) is 6.04 Å². The lowest BCUT2D eigenvalue weighted by Crippen LogP contribution is -2.32. The molecule has 0 bridgehead atoms. The summed E-state index contributed by atoms with van der Waals surface area (Å²) in [7, 11) is 3.19. The van der Waals surface area contributed by atoms with Crippen LogP contribution in [0.25, 0.3) is 32.9 Å². The highest BCUT2D eigenvalue weighted by Crippen LogP contribution is 2.37. The highest BCUT2D eigenvalue weighted by molar-refractivity contribution is 6.10. The Bertz CT molecular complexity index is 1490. The van der Waals surface area contributed by atoms with Crippen molar-refractivity contribution in [2.24, 2.45) is 5.73 Å². The number of nitrogens with zero attached hydrogens (tertiary/aromatic N) is 5. The lowest BCUT2D eigenvalue weighted by atomic mass is 10.0. The van der Waals surface area contributed by atoms with Gasteiger partial charge in [-0.2, -0.15) is 0 Å². The molecular weight excluding hydrogens is 446 g/mol. The number of imidazole rings is 1. The molecule has 0 spiro atoms. The number of rotatable bonds is 8. The summed E-state index contributed by atoms with van der Waals surface area (Å²) in [5.74, 6) is 2.18. The molecule has 0 saturated heterocycles. The van der Waals surface area contributed by atoms with Gasteiger partial charge in [0.15, 0.2) is 11.5 Å². The quantitative estimate of drug-likeness (QED) is 0.327. The van der Waals surface area contributed by atoms with Gasteiger partial charge in [0.1, 0.15) is 18.2 Å². The van der Waals surface area contributed by atoms with Crippen molar-refractivity contribution in [3.63, 3.8) is 0 Å². The van der Waals surface area contributed by atoms with Crippen molar-refractivity contribution >= 4 is 27.5 Å². The van der Waals surface area contributed by atoms with Crippen LogP contribution in [-0.2, 0) is 6.54 Å². The minimum absolute atomic E-state index is 0.201. The van der Waals surface area contributed by atoms with Crippen LogP contribution in [0, 0.1) is 0 Å². The number of methoxy groups -OCH3 is 2. The van der Waals surface area contributed by atoms with E-state index in [0.29, 0.717) is 41.9 Å². The smallest absolute Gasteiger partial charge is 0.162 e. The van der Waals surface area contributed by atoms with Gasteiger partial charge >= 0.3 is 0 Å². The van der Waals surface area contributed by atoms with E-state index in [1.54, 1.807) is 45.3 Å². The second-order valence-electron chi connectivity index (χ2n) is 8.08. The number of anilines is 1. The molecule has 0 aliphatic heterocycles. The third kappa shape index (κ3) is 4.51. The minimum atomic E-state index is -0.201. The molecule has 35 heavy (non-hydrogen) atoms. The number of pyridine rings is 3. The second kappa shape index (κ2) is 9.43. The second-order valence-corrected chi connectivity index (χ2v) is 8.08. The van der Waals surface area contributed by atoms with E-state index in [2.05, 4.69) is 19.9 Å². The fourth-order valence-electron chi connectivity index (χ4n) is 3.97. The summed E-state index contributed by atoms with van der Waals surface area (Å²) in [6, 6.07) is 7.37. The van der Waals surface area contributed by atoms with Gasteiger partial charge in [-0.15, -0.1) is 0 Å². The summed E-state index contributed by atoms with van der Waals surface area (Å²) in [4.78, 5) is 17.5. The Morgan fingerprint density at radius 1 is 0.943 bits per heavy atom. The fraction of sp³-hybridized carbons (Fsp3) is 0.200. The number of fused-ring (bicyclic) bond motifs is 3. The zero-order chi connectivity index (χ0) is 24.4. The summed E-state index contributed by atoms with van der Waals surface area (Å²) in [5, 5.41) is 2.52. The first-order valence-corrected chi connectivity index (χ1v) is 11.0. The minimum Gasteiger partial charge on any atom is -0.493 e. The normalized spacial score (nSPS) is 12.1. The first-order chi connectivity index (χ1) is 17.1. The third-order valence-corrected chi connectivity index (χ3v) is 5.69. The Morgan fingerprint density at radius 3 is 2.54 bits per heavy atom. The largest absolute Gasteiger partial charge is 0.493 e. The molecule has 10 heteroatoms. The summed E-state index contributed by atoms with van der Waals surface area (Å²) < 4.78 is 18.7. The molecule has 0 unspecified atom stereocenters. The maximum absolute atomic E-state index is 6.33. The van der Waals surface area contributed by atoms with E-state index in [4.69, 9.17) is 25.7 Å². The Labute approximate surface area is 201 Å². The molecule has 1 atom stereocenters. The number of aromatic nitrogens is 5. The topological polar surface area (TPSA) is 136 Å². The van der Waals surface area contributed by atoms with Gasteiger partial charge < -0.3 is 30.2 Å². The molecule has 0 aliphatic carbocycles. The first kappa shape index (κ1) is 22.4. The van der Waals surface area contributed by atoms with Crippen LogP contribution in [0.3, 0.4) is 0 Å². The number of nitrogens with two attached hydrogens (primary N) is 2. The van der Waals surface area contributed by atoms with Gasteiger partial charge in [0.05, 0.1) is 44.0 Å². The van der Waals surface area contributed by atoms with Gasteiger partial charge in [0, 0.05) is 53.7 Å². The standard InChI is InChI=1S/C25H25N7O3/c1-33-23-7-19-18-6-21(31-25(27)20(18)11-30-22(19)8-24(23)34-2)15-5-17(10-29-9-15)35-13-16(26)12-32-4-3-28-14-32/h3-11,14,16H,12-13,26H2,1-2H3,(H2,27,31)/t16-/m0/s1. The zero-order valence-electron chi connectivity index (χ0n) is 19.4. The number of hydrogen-bond donors (Lipinski definition) is 2. The van der Waals surface area contributed by atoms with Crippen LogP contribution in [0.1, 0.15) is 0 Å². The van der Waals surface area contributed by atoms with E-state index in [0.717, 1.165) is 27.2 Å². The predicted octanol–water partition coefficient (Wildman–Crippen LogP) is 3.05. The number of hydrogen-bond acceptors (Lipinski definition) is 9. The van der Waals surface area contributed by atoms with Crippen molar-refractivity contribution in [2.75, 3.05) is 26.6 Å². The van der Waals surface area contributed by atoms with Gasteiger partial charge in [-0.05, 0) is 23.6 Å². The number of ether oxygens (including phenoxy) is 3. The van der Waals surface area contributed by atoms with Crippen molar-refractivity contribution in [1.29, 1.82) is 0 Å². The van der Waals surface area contributed by atoms with E-state index in [1.807, 2.05) is 35.0 Å². The zero-order valence-corrected chi connectivity index (χ0v) is 19.4. The van der Waals surface area contributed by atoms with Gasteiger partial charge in [-0.3, -0.25) is 9.97 Å². The highest BCUT2D eigenvalue weighted by atomic mass is 16.5. The molecule has 0 amide bonds. The number of benzene rings is 1. The molecule has 4 N–H and O–H groups in total. The third-order valence-electron chi connectivity index (χ3n) is 5.69. The van der Waals surface area contributed by atoms with Crippen LogP contribution in [0.2, 0.25) is 0 Å². The van der Waals surface area contributed by atoms with Gasteiger partial charge in [0.2, 0.25) is 0 Å². The predicted molar refractivity (Wildman–Crippen MR) is 133 cm³/mol. The van der Waals surface area contributed by atoms with Crippen molar-refractivity contribution in [2.45, 2.75) is 12.6 Å². The molecule has 0 aliphatic rings. The Hall–Kier alpha value is -4.44. The SMILES string of the molecule is COc1cc2ncc3c(N)nc(-c4cncc(OC[C@@H](N)Cn5ccnc5)c4)cc3c2cc1OC. The lowest BCUT2D eigenvalue weighted by Gasteiger charge is -2.14. The molecule has 4 aromatic heterocycles. The van der Waals surface area contributed by atoms with Gasteiger partial charge in [0.25, 0.3) is 0 Å². The average Bonchev–Trinajstić information content (AvgIpc) is 3.39. The lowest BCUT2D eigenvalue weighted by molar-refractivity contribution is 0.275. The molecule has 4 heterocycles. The van der Waals surface area contributed by atoms with Crippen molar-refractivity contribution < 1.29 is 14.2 Å². The molecule has 0 saturated carbocycles. The number of nitrogen functional groups attached to an aromatic ring is 1. The fourth-order valence-corrected chi connectivity index (χ4v) is 3.97. The first-order valence-electron chi connectivity index (χ1n) is 11.0. The molecule has 5 aromatic rings. The van der Waals surface area contributed by atoms with Crippen LogP contribution in [-0.4, -0.2) is 51.4 Å². The van der Waals surface area contributed by atoms with Crippen LogP contribution >= 0.6 is 0 Å².